The Kier molecular flexibility index (Phi) is 4.97. The van der Waals surface area contributed by atoms with Gasteiger partial charge in [-0.15, -0.1) is 0 Å². The van der Waals surface area contributed by atoms with E-state index in [9.17, 15) is 0 Å². The van der Waals surface area contributed by atoms with Crippen LogP contribution in [-0.4, -0.2) is 11.7 Å². The fourth-order valence-corrected chi connectivity index (χ4v) is 1.76. The Labute approximate surface area is 123 Å². The third-order valence-corrected chi connectivity index (χ3v) is 3.03. The lowest BCUT2D eigenvalue weighted by Gasteiger charge is -2.21. The Hall–Kier alpha value is -1.09. The van der Waals surface area contributed by atoms with Crippen molar-refractivity contribution >= 4 is 23.0 Å². The van der Waals surface area contributed by atoms with E-state index >= 15 is 0 Å². The monoisotopic (exact) mass is 278 g/mol. The second-order valence-electron chi connectivity index (χ2n) is 7.20. The minimum Gasteiger partial charge on any atom is -0.362 e. The molecule has 0 radical (unpaired) electrons. The van der Waals surface area contributed by atoms with E-state index in [1.807, 2.05) is 0 Å². The van der Waals surface area contributed by atoms with E-state index < -0.39 is 0 Å². The molecule has 0 aliphatic carbocycles. The van der Waals surface area contributed by atoms with Gasteiger partial charge in [0.1, 0.15) is 0 Å². The second-order valence-corrected chi connectivity index (χ2v) is 7.60. The molecule has 0 fully saturated rings. The van der Waals surface area contributed by atoms with Gasteiger partial charge < -0.3 is 10.6 Å². The van der Waals surface area contributed by atoms with E-state index in [0.29, 0.717) is 5.11 Å². The number of hydrogen-bond donors (Lipinski definition) is 2. The van der Waals surface area contributed by atoms with Gasteiger partial charge >= 0.3 is 0 Å². The van der Waals surface area contributed by atoms with E-state index in [4.69, 9.17) is 12.2 Å². The summed E-state index contributed by atoms with van der Waals surface area (Å²) in [6, 6.07) is 8.45. The van der Waals surface area contributed by atoms with Gasteiger partial charge in [-0.05, 0) is 40.7 Å². The number of nitrogens with one attached hydrogen (secondary N) is 2. The van der Waals surface area contributed by atoms with Crippen LogP contribution in [0.1, 0.15) is 47.1 Å². The zero-order valence-corrected chi connectivity index (χ0v) is 13.7. The first-order chi connectivity index (χ1) is 8.58. The van der Waals surface area contributed by atoms with Gasteiger partial charge in [-0.3, -0.25) is 0 Å². The summed E-state index contributed by atoms with van der Waals surface area (Å²) < 4.78 is 0. The van der Waals surface area contributed by atoms with Crippen LogP contribution >= 0.6 is 12.2 Å². The largest absolute Gasteiger partial charge is 0.362 e. The van der Waals surface area contributed by atoms with Crippen molar-refractivity contribution in [2.45, 2.75) is 47.0 Å². The van der Waals surface area contributed by atoms with Gasteiger partial charge in [0.15, 0.2) is 5.11 Å². The van der Waals surface area contributed by atoms with Gasteiger partial charge in [0, 0.05) is 12.2 Å². The predicted octanol–water partition coefficient (Wildman–Crippen LogP) is 4.32. The molecule has 0 saturated heterocycles. The van der Waals surface area contributed by atoms with Gasteiger partial charge in [0.25, 0.3) is 0 Å². The van der Waals surface area contributed by atoms with Gasteiger partial charge in [-0.25, -0.2) is 0 Å². The molecule has 19 heavy (non-hydrogen) atoms. The van der Waals surface area contributed by atoms with E-state index in [1.165, 1.54) is 5.56 Å². The number of benzene rings is 1. The molecule has 0 aliphatic heterocycles. The molecule has 0 unspecified atom stereocenters. The molecule has 1 aromatic rings. The summed E-state index contributed by atoms with van der Waals surface area (Å²) in [5.41, 5.74) is 2.76. The van der Waals surface area contributed by atoms with Crippen molar-refractivity contribution in [1.82, 2.24) is 5.32 Å². The zero-order valence-electron chi connectivity index (χ0n) is 12.9. The van der Waals surface area contributed by atoms with Crippen LogP contribution in [0.3, 0.4) is 0 Å². The molecule has 3 heteroatoms. The van der Waals surface area contributed by atoms with Crippen molar-refractivity contribution in [3.8, 4) is 0 Å². The highest BCUT2D eigenvalue weighted by atomic mass is 32.1. The Morgan fingerprint density at radius 2 is 1.53 bits per heavy atom. The molecule has 0 bridgehead atoms. The number of rotatable bonds is 2. The van der Waals surface area contributed by atoms with E-state index in [0.717, 1.165) is 12.2 Å². The quantitative estimate of drug-likeness (QED) is 0.788. The molecule has 106 valence electrons. The standard InChI is InChI=1S/C16H26N2S/c1-15(2,3)11-17-14(19)18-13-9-7-12(8-10-13)16(4,5)6/h7-10H,11H2,1-6H3,(H2,17,18,19). The maximum Gasteiger partial charge on any atom is 0.170 e. The molecule has 0 aromatic heterocycles. The summed E-state index contributed by atoms with van der Waals surface area (Å²) >= 11 is 5.29. The van der Waals surface area contributed by atoms with Gasteiger partial charge in [0.05, 0.1) is 0 Å². The maximum atomic E-state index is 5.29. The molecule has 2 N–H and O–H groups in total. The molecule has 0 heterocycles. The van der Waals surface area contributed by atoms with Crippen LogP contribution in [0.25, 0.3) is 0 Å². The first kappa shape index (κ1) is 16.0. The smallest absolute Gasteiger partial charge is 0.170 e. The maximum absolute atomic E-state index is 5.29. The van der Waals surface area contributed by atoms with Crippen LogP contribution in [0.2, 0.25) is 0 Å². The normalized spacial score (nSPS) is 12.1. The van der Waals surface area contributed by atoms with Crippen LogP contribution in [0.4, 0.5) is 5.69 Å². The molecule has 1 rings (SSSR count). The minimum atomic E-state index is 0.184. The molecule has 0 spiro atoms. The SMILES string of the molecule is CC(C)(C)CNC(=S)Nc1ccc(C(C)(C)C)cc1. The summed E-state index contributed by atoms with van der Waals surface area (Å²) in [6.45, 7) is 14.0. The van der Waals surface area contributed by atoms with Crippen molar-refractivity contribution in [2.75, 3.05) is 11.9 Å². The van der Waals surface area contributed by atoms with Crippen molar-refractivity contribution in [2.24, 2.45) is 5.41 Å². The lowest BCUT2D eigenvalue weighted by Crippen LogP contribution is -2.35. The summed E-state index contributed by atoms with van der Waals surface area (Å²) in [6.07, 6.45) is 0. The third kappa shape index (κ3) is 6.06. The Bertz CT molecular complexity index is 422. The molecule has 0 saturated carbocycles. The average Bonchev–Trinajstić information content (AvgIpc) is 2.25. The summed E-state index contributed by atoms with van der Waals surface area (Å²) in [4.78, 5) is 0. The summed E-state index contributed by atoms with van der Waals surface area (Å²) in [5, 5.41) is 7.13. The molecular weight excluding hydrogens is 252 g/mol. The topological polar surface area (TPSA) is 24.1 Å². The average molecular weight is 278 g/mol. The lowest BCUT2D eigenvalue weighted by atomic mass is 9.87. The Balaban J connectivity index is 2.56. The summed E-state index contributed by atoms with van der Waals surface area (Å²) in [7, 11) is 0. The van der Waals surface area contributed by atoms with Crippen molar-refractivity contribution in [3.63, 3.8) is 0 Å². The first-order valence-electron chi connectivity index (χ1n) is 6.73. The van der Waals surface area contributed by atoms with E-state index in [1.54, 1.807) is 0 Å². The van der Waals surface area contributed by atoms with E-state index in [2.05, 4.69) is 76.4 Å². The van der Waals surface area contributed by atoms with Gasteiger partial charge in [-0.1, -0.05) is 53.7 Å². The van der Waals surface area contributed by atoms with E-state index in [-0.39, 0.29) is 10.8 Å². The highest BCUT2D eigenvalue weighted by Gasteiger charge is 2.13. The number of hydrogen-bond acceptors (Lipinski definition) is 1. The van der Waals surface area contributed by atoms with Crippen LogP contribution in [-0.2, 0) is 5.41 Å². The van der Waals surface area contributed by atoms with Crippen LogP contribution < -0.4 is 10.6 Å². The van der Waals surface area contributed by atoms with Gasteiger partial charge in [0.2, 0.25) is 0 Å². The highest BCUT2D eigenvalue weighted by Crippen LogP contribution is 2.23. The molecule has 0 amide bonds. The highest BCUT2D eigenvalue weighted by molar-refractivity contribution is 7.80. The fraction of sp³-hybridized carbons (Fsp3) is 0.562. The van der Waals surface area contributed by atoms with Crippen LogP contribution in [0.15, 0.2) is 24.3 Å². The Morgan fingerprint density at radius 3 is 1.95 bits per heavy atom. The number of anilines is 1. The number of thiocarbonyl (C=S) groups is 1. The first-order valence-corrected chi connectivity index (χ1v) is 7.14. The summed E-state index contributed by atoms with van der Waals surface area (Å²) in [5.74, 6) is 0. The molecule has 0 atom stereocenters. The molecular formula is C16H26N2S. The predicted molar refractivity (Wildman–Crippen MR) is 88.8 cm³/mol. The Morgan fingerprint density at radius 1 is 1.00 bits per heavy atom. The molecule has 0 aliphatic rings. The lowest BCUT2D eigenvalue weighted by molar-refractivity contribution is 0.409. The van der Waals surface area contributed by atoms with Crippen molar-refractivity contribution in [1.29, 1.82) is 0 Å². The second kappa shape index (κ2) is 5.91. The molecule has 2 nitrogen and oxygen atoms in total. The fourth-order valence-electron chi connectivity index (χ4n) is 1.57. The van der Waals surface area contributed by atoms with Crippen molar-refractivity contribution in [3.05, 3.63) is 29.8 Å². The van der Waals surface area contributed by atoms with Gasteiger partial charge in [-0.2, -0.15) is 0 Å². The van der Waals surface area contributed by atoms with Crippen LogP contribution in [0.5, 0.6) is 0 Å². The minimum absolute atomic E-state index is 0.184. The molecule has 1 aromatic carbocycles. The third-order valence-electron chi connectivity index (χ3n) is 2.79. The van der Waals surface area contributed by atoms with Crippen molar-refractivity contribution < 1.29 is 0 Å². The van der Waals surface area contributed by atoms with Crippen LogP contribution in [0, 0.1) is 5.41 Å². The zero-order chi connectivity index (χ0) is 14.7.